The first-order valence-electron chi connectivity index (χ1n) is 9.76. The van der Waals surface area contributed by atoms with Crippen molar-refractivity contribution in [1.29, 1.82) is 0 Å². The lowest BCUT2D eigenvalue weighted by Crippen LogP contribution is -2.49. The maximum Gasteiger partial charge on any atom is 0.373 e. The van der Waals surface area contributed by atoms with Gasteiger partial charge in [-0.15, -0.1) is 0 Å². The third-order valence-electron chi connectivity index (χ3n) is 4.90. The first-order valence-corrected chi connectivity index (χ1v) is 9.76. The molecule has 1 aliphatic heterocycles. The molecule has 13 nitrogen and oxygen atoms in total. The zero-order valence-electron chi connectivity index (χ0n) is 17.4. The number of piperazine rings is 1. The van der Waals surface area contributed by atoms with Gasteiger partial charge in [0.25, 0.3) is 5.91 Å². The van der Waals surface area contributed by atoms with E-state index in [1.54, 1.807) is 21.9 Å². The number of hydrogen-bond donors (Lipinski definition) is 0. The van der Waals surface area contributed by atoms with E-state index in [2.05, 4.69) is 19.7 Å². The highest BCUT2D eigenvalue weighted by atomic mass is 16.6. The quantitative estimate of drug-likeness (QED) is 0.305. The fourth-order valence-electron chi connectivity index (χ4n) is 3.31. The molecule has 13 heteroatoms. The standard InChI is InChI=1S/C20H18N6O7/c1-31-20(28)13-9-14(11-21-10-13)33-18-16(26(29)30)17(22-12-23-18)24-4-6-25(7-5-24)19(27)15-3-2-8-32-15/h2-3,8-12H,4-7H2,1H3. The van der Waals surface area contributed by atoms with Crippen LogP contribution in [0.1, 0.15) is 20.9 Å². The van der Waals surface area contributed by atoms with Crippen molar-refractivity contribution in [2.24, 2.45) is 0 Å². The first-order chi connectivity index (χ1) is 16.0. The Labute approximate surface area is 186 Å². The molecule has 0 N–H and O–H groups in total. The van der Waals surface area contributed by atoms with E-state index in [0.29, 0.717) is 26.2 Å². The zero-order valence-corrected chi connectivity index (χ0v) is 17.4. The number of carbonyl (C=O) groups is 2. The molecular weight excluding hydrogens is 436 g/mol. The molecule has 4 rings (SSSR count). The Morgan fingerprint density at radius 3 is 2.64 bits per heavy atom. The molecule has 0 bridgehead atoms. The predicted molar refractivity (Wildman–Crippen MR) is 111 cm³/mol. The van der Waals surface area contributed by atoms with Crippen molar-refractivity contribution in [2.75, 3.05) is 38.2 Å². The van der Waals surface area contributed by atoms with Crippen molar-refractivity contribution >= 4 is 23.4 Å². The number of methoxy groups -OCH3 is 1. The van der Waals surface area contributed by atoms with Crippen LogP contribution in [0.3, 0.4) is 0 Å². The van der Waals surface area contributed by atoms with E-state index in [-0.39, 0.29) is 34.7 Å². The fourth-order valence-corrected chi connectivity index (χ4v) is 3.31. The Morgan fingerprint density at radius 1 is 1.18 bits per heavy atom. The second-order valence-corrected chi connectivity index (χ2v) is 6.87. The van der Waals surface area contributed by atoms with Crippen LogP contribution in [0.2, 0.25) is 0 Å². The van der Waals surface area contributed by atoms with E-state index >= 15 is 0 Å². The Hall–Kier alpha value is -4.55. The molecule has 4 heterocycles. The highest BCUT2D eigenvalue weighted by Crippen LogP contribution is 2.36. The van der Waals surface area contributed by atoms with Crippen LogP contribution in [0.15, 0.2) is 47.6 Å². The van der Waals surface area contributed by atoms with Crippen LogP contribution >= 0.6 is 0 Å². The Balaban J connectivity index is 1.55. The van der Waals surface area contributed by atoms with Gasteiger partial charge in [-0.25, -0.2) is 9.78 Å². The summed E-state index contributed by atoms with van der Waals surface area (Å²) in [6.45, 7) is 1.26. The first kappa shape index (κ1) is 21.7. The summed E-state index contributed by atoms with van der Waals surface area (Å²) in [5.41, 5.74) is -0.323. The molecule has 3 aromatic rings. The van der Waals surface area contributed by atoms with Gasteiger partial charge in [-0.3, -0.25) is 19.9 Å². The van der Waals surface area contributed by atoms with Crippen molar-refractivity contribution in [3.05, 3.63) is 64.6 Å². The number of furan rings is 1. The molecule has 0 saturated carbocycles. The summed E-state index contributed by atoms with van der Waals surface area (Å²) in [6, 6.07) is 4.55. The summed E-state index contributed by atoms with van der Waals surface area (Å²) in [4.78, 5) is 50.6. The van der Waals surface area contributed by atoms with E-state index in [9.17, 15) is 19.7 Å². The largest absolute Gasteiger partial charge is 0.465 e. The lowest BCUT2D eigenvalue weighted by Gasteiger charge is -2.34. The van der Waals surface area contributed by atoms with Gasteiger partial charge in [0, 0.05) is 32.4 Å². The van der Waals surface area contributed by atoms with Crippen molar-refractivity contribution in [1.82, 2.24) is 19.9 Å². The number of hydrogen-bond acceptors (Lipinski definition) is 11. The number of carbonyl (C=O) groups excluding carboxylic acids is 2. The number of pyridine rings is 1. The minimum absolute atomic E-state index is 0.0622. The molecular formula is C20H18N6O7. The average molecular weight is 454 g/mol. The molecule has 0 unspecified atom stereocenters. The van der Waals surface area contributed by atoms with Gasteiger partial charge in [-0.05, 0) is 18.2 Å². The predicted octanol–water partition coefficient (Wildman–Crippen LogP) is 1.91. The molecule has 3 aromatic heterocycles. The fraction of sp³-hybridized carbons (Fsp3) is 0.250. The SMILES string of the molecule is COC(=O)c1cncc(Oc2ncnc(N3CCN(C(=O)c4ccco4)CC3)c2[N+](=O)[O-])c1. The van der Waals surface area contributed by atoms with Crippen LogP contribution in [-0.4, -0.2) is 69.9 Å². The van der Waals surface area contributed by atoms with Crippen molar-refractivity contribution in [3.8, 4) is 11.6 Å². The number of rotatable bonds is 6. The maximum atomic E-state index is 12.5. The second kappa shape index (κ2) is 9.30. The van der Waals surface area contributed by atoms with Crippen LogP contribution in [0.25, 0.3) is 0 Å². The number of nitrogens with zero attached hydrogens (tertiary/aromatic N) is 6. The van der Waals surface area contributed by atoms with Gasteiger partial charge < -0.3 is 23.7 Å². The molecule has 170 valence electrons. The van der Waals surface area contributed by atoms with Gasteiger partial charge in [0.2, 0.25) is 5.82 Å². The normalized spacial score (nSPS) is 13.5. The van der Waals surface area contributed by atoms with E-state index in [4.69, 9.17) is 9.15 Å². The van der Waals surface area contributed by atoms with Crippen LogP contribution in [-0.2, 0) is 4.74 Å². The average Bonchev–Trinajstić information content (AvgIpc) is 3.38. The van der Waals surface area contributed by atoms with Gasteiger partial charge in [-0.1, -0.05) is 0 Å². The van der Waals surface area contributed by atoms with Gasteiger partial charge in [0.1, 0.15) is 12.1 Å². The minimum atomic E-state index is -0.636. The Bertz CT molecular complexity index is 1180. The second-order valence-electron chi connectivity index (χ2n) is 6.87. The maximum absolute atomic E-state index is 12.5. The lowest BCUT2D eigenvalue weighted by molar-refractivity contribution is -0.385. The smallest absolute Gasteiger partial charge is 0.373 e. The Kier molecular flexibility index (Phi) is 6.11. The molecule has 0 atom stereocenters. The highest BCUT2D eigenvalue weighted by Gasteiger charge is 2.32. The third kappa shape index (κ3) is 4.56. The summed E-state index contributed by atoms with van der Waals surface area (Å²) in [5, 5.41) is 11.9. The number of amides is 1. The lowest BCUT2D eigenvalue weighted by atomic mass is 10.2. The third-order valence-corrected chi connectivity index (χ3v) is 4.90. The summed E-state index contributed by atoms with van der Waals surface area (Å²) in [5.74, 6) is -0.823. The van der Waals surface area contributed by atoms with Crippen LogP contribution < -0.4 is 9.64 Å². The number of aromatic nitrogens is 3. The van der Waals surface area contributed by atoms with Crippen LogP contribution in [0, 0.1) is 10.1 Å². The van der Waals surface area contributed by atoms with E-state index < -0.39 is 16.6 Å². The Morgan fingerprint density at radius 2 is 1.97 bits per heavy atom. The van der Waals surface area contributed by atoms with Crippen molar-refractivity contribution in [3.63, 3.8) is 0 Å². The zero-order chi connectivity index (χ0) is 23.4. The van der Waals surface area contributed by atoms with Crippen LogP contribution in [0.5, 0.6) is 11.6 Å². The van der Waals surface area contributed by atoms with Gasteiger partial charge in [0.05, 0.1) is 30.1 Å². The van der Waals surface area contributed by atoms with E-state index in [1.807, 2.05) is 0 Å². The summed E-state index contributed by atoms with van der Waals surface area (Å²) >= 11 is 0. The molecule has 0 spiro atoms. The van der Waals surface area contributed by atoms with Crippen molar-refractivity contribution < 1.29 is 28.4 Å². The number of esters is 1. The van der Waals surface area contributed by atoms with Crippen LogP contribution in [0.4, 0.5) is 11.5 Å². The molecule has 1 saturated heterocycles. The van der Waals surface area contributed by atoms with E-state index in [1.165, 1.54) is 31.8 Å². The topological polar surface area (TPSA) is 154 Å². The minimum Gasteiger partial charge on any atom is -0.465 e. The number of ether oxygens (including phenoxy) is 2. The van der Waals surface area contributed by atoms with Gasteiger partial charge in [0.15, 0.2) is 5.76 Å². The molecule has 0 radical (unpaired) electrons. The summed E-state index contributed by atoms with van der Waals surface area (Å²) < 4.78 is 15.4. The molecule has 1 aliphatic rings. The monoisotopic (exact) mass is 454 g/mol. The molecule has 33 heavy (non-hydrogen) atoms. The summed E-state index contributed by atoms with van der Waals surface area (Å²) in [7, 11) is 1.22. The van der Waals surface area contributed by atoms with Gasteiger partial charge in [-0.2, -0.15) is 4.98 Å². The highest BCUT2D eigenvalue weighted by molar-refractivity contribution is 5.91. The van der Waals surface area contributed by atoms with Gasteiger partial charge >= 0.3 is 17.5 Å². The number of anilines is 1. The van der Waals surface area contributed by atoms with Crippen molar-refractivity contribution in [2.45, 2.75) is 0 Å². The molecule has 1 fully saturated rings. The molecule has 1 amide bonds. The summed E-state index contributed by atoms with van der Waals surface area (Å²) in [6.07, 6.45) is 5.14. The molecule has 0 aromatic carbocycles. The molecule has 0 aliphatic carbocycles. The number of nitro groups is 1. The van der Waals surface area contributed by atoms with E-state index in [0.717, 1.165) is 6.33 Å².